The van der Waals surface area contributed by atoms with Gasteiger partial charge in [0.2, 0.25) is 10.0 Å². The molecule has 0 aliphatic rings. The van der Waals surface area contributed by atoms with E-state index in [1.165, 1.54) is 18.2 Å². The first-order valence-electron chi connectivity index (χ1n) is 5.95. The molecule has 0 saturated carbocycles. The van der Waals surface area contributed by atoms with Crippen LogP contribution in [0.1, 0.15) is 24.9 Å². The van der Waals surface area contributed by atoms with Crippen molar-refractivity contribution >= 4 is 21.6 Å². The van der Waals surface area contributed by atoms with E-state index in [2.05, 4.69) is 9.46 Å². The van der Waals surface area contributed by atoms with Crippen LogP contribution in [-0.2, 0) is 10.0 Å². The molecule has 1 N–H and O–H groups in total. The van der Waals surface area contributed by atoms with Crippen LogP contribution in [-0.4, -0.2) is 26.7 Å². The van der Waals surface area contributed by atoms with E-state index in [1.54, 1.807) is 13.0 Å². The van der Waals surface area contributed by atoms with E-state index < -0.39 is 22.7 Å². The number of nitrogens with one attached hydrogen (secondary N) is 1. The maximum absolute atomic E-state index is 12.1. The summed E-state index contributed by atoms with van der Waals surface area (Å²) >= 11 is 5.45. The Hall–Kier alpha value is -0.920. The van der Waals surface area contributed by atoms with E-state index in [4.69, 9.17) is 11.6 Å². The molecule has 1 aromatic rings. The zero-order valence-electron chi connectivity index (χ0n) is 10.9. The van der Waals surface area contributed by atoms with Crippen LogP contribution in [0, 0.1) is 0 Å². The number of hydrogen-bond donors (Lipinski definition) is 1. The van der Waals surface area contributed by atoms with Crippen LogP contribution in [0.3, 0.4) is 0 Å². The largest absolute Gasteiger partial charge is 0.435 e. The van der Waals surface area contributed by atoms with Crippen molar-refractivity contribution in [2.24, 2.45) is 0 Å². The van der Waals surface area contributed by atoms with E-state index in [0.717, 1.165) is 0 Å². The van der Waals surface area contributed by atoms with Gasteiger partial charge >= 0.3 is 6.61 Å². The molecule has 0 heterocycles. The lowest BCUT2D eigenvalue weighted by atomic mass is 10.1. The number of halogens is 3. The maximum Gasteiger partial charge on any atom is 0.387 e. The molecule has 0 bridgehead atoms. The fourth-order valence-electron chi connectivity index (χ4n) is 1.60. The van der Waals surface area contributed by atoms with Gasteiger partial charge in [0.15, 0.2) is 0 Å². The summed E-state index contributed by atoms with van der Waals surface area (Å²) < 4.78 is 54.4. The van der Waals surface area contributed by atoms with Crippen LogP contribution >= 0.6 is 11.6 Å². The SMILES string of the molecule is CC(NS(=O)(=O)CCCCl)c1cccc(OC(F)F)c1. The Balaban J connectivity index is 2.74. The van der Waals surface area contributed by atoms with Gasteiger partial charge in [0.05, 0.1) is 5.75 Å². The van der Waals surface area contributed by atoms with Crippen LogP contribution in [0.4, 0.5) is 8.78 Å². The molecule has 1 atom stereocenters. The molecule has 4 nitrogen and oxygen atoms in total. The summed E-state index contributed by atoms with van der Waals surface area (Å²) in [6.07, 6.45) is 0.345. The average Bonchev–Trinajstić information content (AvgIpc) is 2.35. The van der Waals surface area contributed by atoms with E-state index >= 15 is 0 Å². The molecule has 0 aromatic heterocycles. The van der Waals surface area contributed by atoms with Crippen LogP contribution < -0.4 is 9.46 Å². The number of hydrogen-bond acceptors (Lipinski definition) is 3. The number of benzene rings is 1. The molecule has 114 valence electrons. The van der Waals surface area contributed by atoms with E-state index in [9.17, 15) is 17.2 Å². The predicted molar refractivity (Wildman–Crippen MR) is 73.7 cm³/mol. The highest BCUT2D eigenvalue weighted by Gasteiger charge is 2.16. The minimum Gasteiger partial charge on any atom is -0.435 e. The lowest BCUT2D eigenvalue weighted by Crippen LogP contribution is -2.29. The molecule has 0 aliphatic carbocycles. The molecule has 20 heavy (non-hydrogen) atoms. The zero-order chi connectivity index (χ0) is 15.2. The van der Waals surface area contributed by atoms with Crippen molar-refractivity contribution in [3.63, 3.8) is 0 Å². The number of rotatable bonds is 8. The second kappa shape index (κ2) is 7.75. The molecule has 0 aliphatic heterocycles. The van der Waals surface area contributed by atoms with Gasteiger partial charge in [-0.25, -0.2) is 13.1 Å². The molecule has 0 radical (unpaired) electrons. The Kier molecular flexibility index (Phi) is 6.64. The average molecular weight is 328 g/mol. The quantitative estimate of drug-likeness (QED) is 0.747. The monoisotopic (exact) mass is 327 g/mol. The zero-order valence-corrected chi connectivity index (χ0v) is 12.4. The first-order chi connectivity index (χ1) is 9.34. The molecule has 0 amide bonds. The standard InChI is InChI=1S/C12H16ClF2NO3S/c1-9(16-20(17,18)7-3-6-13)10-4-2-5-11(8-10)19-12(14)15/h2,4-5,8-9,12,16H,3,6-7H2,1H3. The van der Waals surface area contributed by atoms with Crippen LogP contribution in [0.2, 0.25) is 0 Å². The third-order valence-electron chi connectivity index (χ3n) is 2.49. The van der Waals surface area contributed by atoms with E-state index in [-0.39, 0.29) is 17.4 Å². The van der Waals surface area contributed by atoms with Crippen LogP contribution in [0.5, 0.6) is 5.75 Å². The maximum atomic E-state index is 12.1. The van der Waals surface area contributed by atoms with Crippen LogP contribution in [0.15, 0.2) is 24.3 Å². The van der Waals surface area contributed by atoms with Gasteiger partial charge in [-0.2, -0.15) is 8.78 Å². The Labute approximate surface area is 122 Å². The fraction of sp³-hybridized carbons (Fsp3) is 0.500. The van der Waals surface area contributed by atoms with Crippen molar-refractivity contribution in [3.05, 3.63) is 29.8 Å². The van der Waals surface area contributed by atoms with Gasteiger partial charge in [0.1, 0.15) is 5.75 Å². The Morgan fingerprint density at radius 3 is 2.70 bits per heavy atom. The third kappa shape index (κ3) is 6.02. The Bertz CT molecular complexity index is 525. The normalized spacial score (nSPS) is 13.4. The lowest BCUT2D eigenvalue weighted by molar-refractivity contribution is -0.0499. The highest BCUT2D eigenvalue weighted by atomic mass is 35.5. The van der Waals surface area contributed by atoms with Gasteiger partial charge in [-0.15, -0.1) is 11.6 Å². The lowest BCUT2D eigenvalue weighted by Gasteiger charge is -2.15. The van der Waals surface area contributed by atoms with Crippen molar-refractivity contribution in [3.8, 4) is 5.75 Å². The van der Waals surface area contributed by atoms with Crippen molar-refractivity contribution < 1.29 is 21.9 Å². The van der Waals surface area contributed by atoms with Gasteiger partial charge in [-0.3, -0.25) is 0 Å². The van der Waals surface area contributed by atoms with Gasteiger partial charge in [-0.05, 0) is 31.0 Å². The van der Waals surface area contributed by atoms with E-state index in [0.29, 0.717) is 12.0 Å². The molecular weight excluding hydrogens is 312 g/mol. The van der Waals surface area contributed by atoms with Crippen molar-refractivity contribution in [1.29, 1.82) is 0 Å². The van der Waals surface area contributed by atoms with Gasteiger partial charge < -0.3 is 4.74 Å². The summed E-state index contributed by atoms with van der Waals surface area (Å²) in [5, 5.41) is 0. The van der Waals surface area contributed by atoms with Gasteiger partial charge in [0, 0.05) is 11.9 Å². The molecular formula is C12H16ClF2NO3S. The summed E-state index contributed by atoms with van der Waals surface area (Å²) in [6.45, 7) is -1.29. The second-order valence-corrected chi connectivity index (χ2v) is 6.40. The topological polar surface area (TPSA) is 55.4 Å². The molecule has 0 saturated heterocycles. The minimum absolute atomic E-state index is 0.00990. The number of alkyl halides is 3. The second-order valence-electron chi connectivity index (χ2n) is 4.15. The summed E-state index contributed by atoms with van der Waals surface area (Å²) in [7, 11) is -3.45. The van der Waals surface area contributed by atoms with E-state index in [1.807, 2.05) is 0 Å². The minimum atomic E-state index is -3.45. The Morgan fingerprint density at radius 2 is 2.10 bits per heavy atom. The molecule has 8 heteroatoms. The van der Waals surface area contributed by atoms with Crippen molar-refractivity contribution in [2.75, 3.05) is 11.6 Å². The Morgan fingerprint density at radius 1 is 1.40 bits per heavy atom. The van der Waals surface area contributed by atoms with Crippen LogP contribution in [0.25, 0.3) is 0 Å². The summed E-state index contributed by atoms with van der Waals surface area (Å²) in [6, 6.07) is 5.37. The first-order valence-corrected chi connectivity index (χ1v) is 8.13. The third-order valence-corrected chi connectivity index (χ3v) is 4.29. The first kappa shape index (κ1) is 17.1. The molecule has 0 spiro atoms. The van der Waals surface area contributed by atoms with Gasteiger partial charge in [0.25, 0.3) is 0 Å². The van der Waals surface area contributed by atoms with Crippen molar-refractivity contribution in [2.45, 2.75) is 26.0 Å². The molecule has 1 rings (SSSR count). The number of ether oxygens (including phenoxy) is 1. The highest BCUT2D eigenvalue weighted by molar-refractivity contribution is 7.89. The van der Waals surface area contributed by atoms with Gasteiger partial charge in [-0.1, -0.05) is 12.1 Å². The highest BCUT2D eigenvalue weighted by Crippen LogP contribution is 2.21. The molecule has 0 fully saturated rings. The van der Waals surface area contributed by atoms with Crippen molar-refractivity contribution in [1.82, 2.24) is 4.72 Å². The predicted octanol–water partition coefficient (Wildman–Crippen LogP) is 2.90. The summed E-state index contributed by atoms with van der Waals surface area (Å²) in [5.41, 5.74) is 0.539. The fourth-order valence-corrected chi connectivity index (χ4v) is 3.21. The smallest absolute Gasteiger partial charge is 0.387 e. The molecule has 1 aromatic carbocycles. The number of sulfonamides is 1. The summed E-state index contributed by atoms with van der Waals surface area (Å²) in [4.78, 5) is 0. The summed E-state index contributed by atoms with van der Waals surface area (Å²) in [5.74, 6) is 0.172. The molecule has 1 unspecified atom stereocenters.